The molecule has 6 heteroatoms. The third-order valence-corrected chi connectivity index (χ3v) is 4.80. The molecule has 1 aliphatic rings. The first kappa shape index (κ1) is 20.5. The number of aryl methyl sites for hydroxylation is 1. The van der Waals surface area contributed by atoms with Crippen LogP contribution in [0, 0.1) is 0 Å². The van der Waals surface area contributed by atoms with E-state index in [0.717, 1.165) is 28.8 Å². The number of nitrogens with one attached hydrogen (secondary N) is 2. The third-order valence-electron chi connectivity index (χ3n) is 4.80. The summed E-state index contributed by atoms with van der Waals surface area (Å²) in [6.07, 6.45) is 4.45. The van der Waals surface area contributed by atoms with E-state index in [9.17, 15) is 9.59 Å². The molecular formula is C23H26N2O4. The van der Waals surface area contributed by atoms with Crippen molar-refractivity contribution in [2.24, 2.45) is 0 Å². The van der Waals surface area contributed by atoms with Crippen molar-refractivity contribution in [2.75, 3.05) is 19.0 Å². The molecule has 6 nitrogen and oxygen atoms in total. The number of anilines is 1. The van der Waals surface area contributed by atoms with E-state index in [2.05, 4.69) is 10.6 Å². The fraction of sp³-hybridized carbons (Fsp3) is 0.304. The van der Waals surface area contributed by atoms with E-state index in [1.165, 1.54) is 6.08 Å². The predicted molar refractivity (Wildman–Crippen MR) is 113 cm³/mol. The van der Waals surface area contributed by atoms with Crippen LogP contribution >= 0.6 is 0 Å². The number of hydrogen-bond acceptors (Lipinski definition) is 4. The highest BCUT2D eigenvalue weighted by Crippen LogP contribution is 2.29. The number of ether oxygens (including phenoxy) is 2. The quantitative estimate of drug-likeness (QED) is 0.699. The van der Waals surface area contributed by atoms with Crippen molar-refractivity contribution in [1.82, 2.24) is 5.32 Å². The van der Waals surface area contributed by atoms with Crippen LogP contribution in [0.5, 0.6) is 11.5 Å². The number of amides is 2. The molecule has 152 valence electrons. The van der Waals surface area contributed by atoms with Gasteiger partial charge in [-0.2, -0.15) is 0 Å². The molecule has 1 unspecified atom stereocenters. The third kappa shape index (κ3) is 5.16. The highest BCUT2D eigenvalue weighted by atomic mass is 16.5. The number of methoxy groups -OCH3 is 1. The average molecular weight is 394 g/mol. The van der Waals surface area contributed by atoms with Crippen molar-refractivity contribution in [3.8, 4) is 11.5 Å². The smallest absolute Gasteiger partial charge is 0.244 e. The molecule has 2 aromatic rings. The van der Waals surface area contributed by atoms with Crippen LogP contribution in [-0.4, -0.2) is 25.5 Å². The lowest BCUT2D eigenvalue weighted by Gasteiger charge is -2.20. The molecule has 3 rings (SSSR count). The molecule has 0 bridgehead atoms. The standard InChI is InChI=1S/C23H26N2O4/c1-4-29-20-10-5-16(13-21(20)28-3)6-11-22(26)24-15(2)17-7-9-19-18(14-17)8-12-23(27)25-19/h5-7,9-11,13-15H,4,8,12H2,1-3H3,(H,24,26)(H,25,27). The van der Waals surface area contributed by atoms with Gasteiger partial charge in [-0.1, -0.05) is 18.2 Å². The second kappa shape index (κ2) is 9.28. The molecule has 2 aromatic carbocycles. The van der Waals surface area contributed by atoms with E-state index in [0.29, 0.717) is 24.5 Å². The van der Waals surface area contributed by atoms with Gasteiger partial charge in [0.05, 0.1) is 19.8 Å². The summed E-state index contributed by atoms with van der Waals surface area (Å²) < 4.78 is 10.8. The summed E-state index contributed by atoms with van der Waals surface area (Å²) >= 11 is 0. The molecule has 0 aliphatic carbocycles. The van der Waals surface area contributed by atoms with Crippen LogP contribution < -0.4 is 20.1 Å². The number of carbonyl (C=O) groups excluding carboxylic acids is 2. The van der Waals surface area contributed by atoms with Crippen molar-refractivity contribution in [3.63, 3.8) is 0 Å². The SMILES string of the molecule is CCOc1ccc(C=CC(=O)NC(C)c2ccc3c(c2)CCC(=O)N3)cc1OC. The highest BCUT2D eigenvalue weighted by Gasteiger charge is 2.16. The van der Waals surface area contributed by atoms with Crippen LogP contribution in [0.2, 0.25) is 0 Å². The first-order valence-electron chi connectivity index (χ1n) is 9.72. The molecule has 0 spiro atoms. The van der Waals surface area contributed by atoms with Crippen molar-refractivity contribution in [2.45, 2.75) is 32.7 Å². The van der Waals surface area contributed by atoms with Gasteiger partial charge in [0.1, 0.15) is 0 Å². The van der Waals surface area contributed by atoms with Crippen molar-refractivity contribution in [3.05, 3.63) is 59.2 Å². The van der Waals surface area contributed by atoms with Crippen LogP contribution in [0.25, 0.3) is 6.08 Å². The lowest BCUT2D eigenvalue weighted by molar-refractivity contribution is -0.117. The lowest BCUT2D eigenvalue weighted by Crippen LogP contribution is -2.25. The van der Waals surface area contributed by atoms with Crippen LogP contribution in [0.4, 0.5) is 5.69 Å². The molecule has 0 saturated heterocycles. The average Bonchev–Trinajstić information content (AvgIpc) is 2.72. The highest BCUT2D eigenvalue weighted by molar-refractivity contribution is 5.94. The van der Waals surface area contributed by atoms with Crippen molar-refractivity contribution < 1.29 is 19.1 Å². The minimum atomic E-state index is -0.184. The van der Waals surface area contributed by atoms with E-state index in [4.69, 9.17) is 9.47 Å². The molecule has 0 saturated carbocycles. The fourth-order valence-electron chi connectivity index (χ4n) is 3.25. The van der Waals surface area contributed by atoms with Crippen molar-refractivity contribution >= 4 is 23.6 Å². The Hall–Kier alpha value is -3.28. The van der Waals surface area contributed by atoms with Gasteiger partial charge in [0.2, 0.25) is 11.8 Å². The van der Waals surface area contributed by atoms with Gasteiger partial charge in [0.15, 0.2) is 11.5 Å². The normalized spacial score (nSPS) is 14.1. The van der Waals surface area contributed by atoms with Crippen LogP contribution in [-0.2, 0) is 16.0 Å². The van der Waals surface area contributed by atoms with E-state index in [1.807, 2.05) is 50.2 Å². The van der Waals surface area contributed by atoms with Crippen LogP contribution in [0.1, 0.15) is 43.0 Å². The zero-order valence-corrected chi connectivity index (χ0v) is 17.0. The summed E-state index contributed by atoms with van der Waals surface area (Å²) in [4.78, 5) is 23.8. The molecule has 29 heavy (non-hydrogen) atoms. The monoisotopic (exact) mass is 394 g/mol. The summed E-state index contributed by atoms with van der Waals surface area (Å²) in [5.74, 6) is 1.16. The molecule has 1 aliphatic heterocycles. The van der Waals surface area contributed by atoms with Gasteiger partial charge in [-0.15, -0.1) is 0 Å². The number of benzene rings is 2. The largest absolute Gasteiger partial charge is 0.493 e. The van der Waals surface area contributed by atoms with Gasteiger partial charge in [-0.25, -0.2) is 0 Å². The Balaban J connectivity index is 1.63. The Morgan fingerprint density at radius 1 is 1.21 bits per heavy atom. The van der Waals surface area contributed by atoms with E-state index < -0.39 is 0 Å². The topological polar surface area (TPSA) is 76.7 Å². The minimum absolute atomic E-state index is 0.0441. The molecule has 0 radical (unpaired) electrons. The van der Waals surface area contributed by atoms with E-state index >= 15 is 0 Å². The van der Waals surface area contributed by atoms with Gasteiger partial charge in [-0.05, 0) is 61.2 Å². The number of hydrogen-bond donors (Lipinski definition) is 2. The Bertz CT molecular complexity index is 936. The second-order valence-corrected chi connectivity index (χ2v) is 6.87. The minimum Gasteiger partial charge on any atom is -0.493 e. The first-order valence-corrected chi connectivity index (χ1v) is 9.72. The summed E-state index contributed by atoms with van der Waals surface area (Å²) in [5, 5.41) is 5.84. The number of carbonyl (C=O) groups is 2. The van der Waals surface area contributed by atoms with Crippen LogP contribution in [0.3, 0.4) is 0 Å². The van der Waals surface area contributed by atoms with Gasteiger partial charge in [-0.3, -0.25) is 9.59 Å². The lowest BCUT2D eigenvalue weighted by atomic mass is 9.98. The molecular weight excluding hydrogens is 368 g/mol. The van der Waals surface area contributed by atoms with Gasteiger partial charge in [0.25, 0.3) is 0 Å². The molecule has 0 fully saturated rings. The first-order chi connectivity index (χ1) is 14.0. The maximum atomic E-state index is 12.3. The molecule has 2 N–H and O–H groups in total. The Morgan fingerprint density at radius 3 is 2.79 bits per heavy atom. The summed E-state index contributed by atoms with van der Waals surface area (Å²) in [6.45, 7) is 4.41. The Labute approximate surface area is 170 Å². The van der Waals surface area contributed by atoms with Crippen molar-refractivity contribution in [1.29, 1.82) is 0 Å². The second-order valence-electron chi connectivity index (χ2n) is 6.87. The Morgan fingerprint density at radius 2 is 2.03 bits per heavy atom. The summed E-state index contributed by atoms with van der Waals surface area (Å²) in [6, 6.07) is 11.2. The molecule has 1 atom stereocenters. The predicted octanol–water partition coefficient (Wildman–Crippen LogP) is 3.87. The maximum Gasteiger partial charge on any atom is 0.244 e. The fourth-order valence-corrected chi connectivity index (χ4v) is 3.25. The zero-order valence-electron chi connectivity index (χ0n) is 17.0. The van der Waals surface area contributed by atoms with Gasteiger partial charge in [0, 0.05) is 18.2 Å². The molecule has 2 amide bonds. The van der Waals surface area contributed by atoms with E-state index in [1.54, 1.807) is 13.2 Å². The van der Waals surface area contributed by atoms with Crippen LogP contribution in [0.15, 0.2) is 42.5 Å². The van der Waals surface area contributed by atoms with Gasteiger partial charge < -0.3 is 20.1 Å². The summed E-state index contributed by atoms with van der Waals surface area (Å²) in [5.41, 5.74) is 3.80. The van der Waals surface area contributed by atoms with E-state index in [-0.39, 0.29) is 17.9 Å². The molecule has 0 aromatic heterocycles. The number of rotatable bonds is 7. The summed E-state index contributed by atoms with van der Waals surface area (Å²) in [7, 11) is 1.59. The van der Waals surface area contributed by atoms with Gasteiger partial charge >= 0.3 is 0 Å². The zero-order chi connectivity index (χ0) is 20.8. The molecule has 1 heterocycles. The Kier molecular flexibility index (Phi) is 6.54. The maximum absolute atomic E-state index is 12.3. The number of fused-ring (bicyclic) bond motifs is 1.